The zero-order valence-electron chi connectivity index (χ0n) is 11.4. The number of carbonyl (C=O) groups is 1. The van der Waals surface area contributed by atoms with Crippen LogP contribution in [0.25, 0.3) is 0 Å². The molecule has 1 amide bonds. The van der Waals surface area contributed by atoms with Gasteiger partial charge >= 0.3 is 0 Å². The topological polar surface area (TPSA) is 108 Å². The Labute approximate surface area is 112 Å². The van der Waals surface area contributed by atoms with Crippen LogP contribution in [0.5, 0.6) is 0 Å². The van der Waals surface area contributed by atoms with Gasteiger partial charge in [-0.05, 0) is 13.3 Å². The number of hydrogen-bond acceptors (Lipinski definition) is 6. The van der Waals surface area contributed by atoms with Crippen LogP contribution in [-0.4, -0.2) is 64.6 Å². The van der Waals surface area contributed by atoms with Gasteiger partial charge in [0.1, 0.15) is 24.4 Å². The second-order valence-corrected chi connectivity index (χ2v) is 4.79. The lowest BCUT2D eigenvalue weighted by atomic mass is 9.97. The van der Waals surface area contributed by atoms with E-state index in [0.29, 0.717) is 0 Å². The predicted molar refractivity (Wildman–Crippen MR) is 66.2 cm³/mol. The highest BCUT2D eigenvalue weighted by Crippen LogP contribution is 2.23. The zero-order valence-corrected chi connectivity index (χ0v) is 11.4. The summed E-state index contributed by atoms with van der Waals surface area (Å²) in [4.78, 5) is 11.2. The van der Waals surface area contributed by atoms with E-state index >= 15 is 0 Å². The summed E-state index contributed by atoms with van der Waals surface area (Å²) in [6, 6.07) is -0.871. The lowest BCUT2D eigenvalue weighted by Gasteiger charge is -2.42. The fourth-order valence-corrected chi connectivity index (χ4v) is 1.91. The molecule has 19 heavy (non-hydrogen) atoms. The van der Waals surface area contributed by atoms with Gasteiger partial charge in [0.05, 0.1) is 12.7 Å². The van der Waals surface area contributed by atoms with E-state index in [2.05, 4.69) is 5.32 Å². The Hall–Kier alpha value is -0.730. The van der Waals surface area contributed by atoms with Crippen LogP contribution in [0.3, 0.4) is 0 Å². The van der Waals surface area contributed by atoms with Gasteiger partial charge in [-0.15, -0.1) is 0 Å². The molecule has 0 aliphatic carbocycles. The Morgan fingerprint density at radius 2 is 2.05 bits per heavy atom. The number of carbonyl (C=O) groups excluding carboxylic acids is 1. The Balaban J connectivity index is 2.83. The molecular formula is C12H23NO6. The molecule has 1 heterocycles. The van der Waals surface area contributed by atoms with E-state index in [1.807, 2.05) is 13.8 Å². The molecule has 1 aliphatic heterocycles. The molecule has 0 saturated carbocycles. The first-order chi connectivity index (χ1) is 8.90. The first-order valence-electron chi connectivity index (χ1n) is 6.45. The van der Waals surface area contributed by atoms with Crippen LogP contribution < -0.4 is 5.32 Å². The maximum absolute atomic E-state index is 11.2. The van der Waals surface area contributed by atoms with Crippen LogP contribution in [0.2, 0.25) is 0 Å². The number of aliphatic hydroxyl groups excluding tert-OH is 3. The summed E-state index contributed by atoms with van der Waals surface area (Å²) in [6.45, 7) is 4.62. The van der Waals surface area contributed by atoms with Crippen molar-refractivity contribution in [1.82, 2.24) is 5.32 Å². The molecule has 7 nitrogen and oxygen atoms in total. The van der Waals surface area contributed by atoms with Crippen molar-refractivity contribution in [3.05, 3.63) is 0 Å². The van der Waals surface area contributed by atoms with Crippen LogP contribution in [0.4, 0.5) is 0 Å². The SMILES string of the molecule is CC[C@H](C)O[C@H]1O[C@@H](CO)[C@@H](O)[C@@H](O)[C@H]1NC(C)=O. The minimum Gasteiger partial charge on any atom is -0.394 e. The number of rotatable bonds is 5. The van der Waals surface area contributed by atoms with Crippen molar-refractivity contribution in [2.45, 2.75) is 63.9 Å². The van der Waals surface area contributed by atoms with E-state index in [9.17, 15) is 15.0 Å². The summed E-state index contributed by atoms with van der Waals surface area (Å²) in [5.41, 5.74) is 0. The van der Waals surface area contributed by atoms with Crippen molar-refractivity contribution in [3.8, 4) is 0 Å². The smallest absolute Gasteiger partial charge is 0.217 e. The Morgan fingerprint density at radius 1 is 1.42 bits per heavy atom. The number of ether oxygens (including phenoxy) is 2. The fourth-order valence-electron chi connectivity index (χ4n) is 1.91. The molecule has 1 rings (SSSR count). The molecule has 0 unspecified atom stereocenters. The van der Waals surface area contributed by atoms with Gasteiger partial charge in [0.15, 0.2) is 6.29 Å². The minimum atomic E-state index is -1.28. The molecule has 6 atom stereocenters. The average Bonchev–Trinajstić information content (AvgIpc) is 2.37. The molecule has 0 aromatic rings. The maximum Gasteiger partial charge on any atom is 0.217 e. The van der Waals surface area contributed by atoms with Crippen molar-refractivity contribution < 1.29 is 29.6 Å². The molecule has 0 bridgehead atoms. The Morgan fingerprint density at radius 3 is 2.53 bits per heavy atom. The first-order valence-corrected chi connectivity index (χ1v) is 6.45. The van der Waals surface area contributed by atoms with Crippen LogP contribution in [0.15, 0.2) is 0 Å². The van der Waals surface area contributed by atoms with E-state index in [4.69, 9.17) is 14.6 Å². The van der Waals surface area contributed by atoms with Crippen molar-refractivity contribution in [1.29, 1.82) is 0 Å². The quantitative estimate of drug-likeness (QED) is 0.500. The second-order valence-electron chi connectivity index (χ2n) is 4.79. The highest BCUT2D eigenvalue weighted by molar-refractivity contribution is 5.73. The van der Waals surface area contributed by atoms with Crippen molar-refractivity contribution in [2.75, 3.05) is 6.61 Å². The summed E-state index contributed by atoms with van der Waals surface area (Å²) in [5, 5.41) is 31.4. The Kier molecular flexibility index (Phi) is 6.15. The molecule has 112 valence electrons. The van der Waals surface area contributed by atoms with Crippen LogP contribution >= 0.6 is 0 Å². The normalized spacial score (nSPS) is 36.8. The third kappa shape index (κ3) is 4.12. The highest BCUT2D eigenvalue weighted by Gasteiger charge is 2.45. The molecule has 4 N–H and O–H groups in total. The van der Waals surface area contributed by atoms with Gasteiger partial charge in [0.2, 0.25) is 5.91 Å². The third-order valence-electron chi connectivity index (χ3n) is 3.19. The molecular weight excluding hydrogens is 254 g/mol. The molecule has 0 aromatic carbocycles. The van der Waals surface area contributed by atoms with Gasteiger partial charge in [-0.1, -0.05) is 6.92 Å². The van der Waals surface area contributed by atoms with Gasteiger partial charge in [-0.2, -0.15) is 0 Å². The lowest BCUT2D eigenvalue weighted by Crippen LogP contribution is -2.64. The largest absolute Gasteiger partial charge is 0.394 e. The van der Waals surface area contributed by atoms with Crippen molar-refractivity contribution >= 4 is 5.91 Å². The molecule has 1 fully saturated rings. The lowest BCUT2D eigenvalue weighted by molar-refractivity contribution is -0.280. The van der Waals surface area contributed by atoms with Crippen LogP contribution in [-0.2, 0) is 14.3 Å². The second kappa shape index (κ2) is 7.16. The minimum absolute atomic E-state index is 0.136. The van der Waals surface area contributed by atoms with Gasteiger partial charge in [0.25, 0.3) is 0 Å². The third-order valence-corrected chi connectivity index (χ3v) is 3.19. The van der Waals surface area contributed by atoms with Crippen LogP contribution in [0.1, 0.15) is 27.2 Å². The van der Waals surface area contributed by atoms with E-state index in [1.54, 1.807) is 0 Å². The molecule has 0 spiro atoms. The number of amides is 1. The van der Waals surface area contributed by atoms with Gasteiger partial charge < -0.3 is 30.1 Å². The molecule has 0 aromatic heterocycles. The van der Waals surface area contributed by atoms with Crippen molar-refractivity contribution in [2.24, 2.45) is 0 Å². The summed E-state index contributed by atoms with van der Waals surface area (Å²) in [7, 11) is 0. The number of aliphatic hydroxyl groups is 3. The first kappa shape index (κ1) is 16.3. The summed E-state index contributed by atoms with van der Waals surface area (Å²) < 4.78 is 11.0. The molecule has 7 heteroatoms. The van der Waals surface area contributed by atoms with Crippen molar-refractivity contribution in [3.63, 3.8) is 0 Å². The predicted octanol–water partition coefficient (Wildman–Crippen LogP) is -1.25. The standard InChI is InChI=1S/C12H23NO6/c1-4-6(2)18-12-9(13-7(3)15)11(17)10(16)8(5-14)19-12/h6,8-12,14,16-17H,4-5H2,1-3H3,(H,13,15)/t6-,8-,9+,10+,11-,12-/m0/s1. The van der Waals surface area contributed by atoms with Gasteiger partial charge in [-0.3, -0.25) is 4.79 Å². The van der Waals surface area contributed by atoms with E-state index in [0.717, 1.165) is 6.42 Å². The average molecular weight is 277 g/mol. The van der Waals surface area contributed by atoms with E-state index in [1.165, 1.54) is 6.92 Å². The summed E-state index contributed by atoms with van der Waals surface area (Å²) >= 11 is 0. The maximum atomic E-state index is 11.2. The fraction of sp³-hybridized carbons (Fsp3) is 0.917. The molecule has 1 saturated heterocycles. The highest BCUT2D eigenvalue weighted by atomic mass is 16.7. The Bertz CT molecular complexity index is 300. The zero-order chi connectivity index (χ0) is 14.6. The van der Waals surface area contributed by atoms with Gasteiger partial charge in [-0.25, -0.2) is 0 Å². The molecule has 1 aliphatic rings. The van der Waals surface area contributed by atoms with Crippen LogP contribution in [0, 0.1) is 0 Å². The number of hydrogen-bond donors (Lipinski definition) is 4. The molecule has 0 radical (unpaired) electrons. The van der Waals surface area contributed by atoms with Gasteiger partial charge in [0, 0.05) is 6.92 Å². The summed E-state index contributed by atoms with van der Waals surface area (Å²) in [6.07, 6.45) is -3.79. The van der Waals surface area contributed by atoms with E-state index in [-0.39, 0.29) is 12.0 Å². The summed E-state index contributed by atoms with van der Waals surface area (Å²) in [5.74, 6) is -0.361. The monoisotopic (exact) mass is 277 g/mol. The van der Waals surface area contributed by atoms with E-state index < -0.39 is 37.3 Å². The number of nitrogens with one attached hydrogen (secondary N) is 1.